The third kappa shape index (κ3) is 1.87. The Labute approximate surface area is 112 Å². The molecule has 6 atom stereocenters. The summed E-state index contributed by atoms with van der Waals surface area (Å²) in [6.45, 7) is 3.87. The van der Waals surface area contributed by atoms with Crippen LogP contribution < -0.4 is 0 Å². The maximum Gasteiger partial charge on any atom is 0.205 e. The number of ketones is 1. The van der Waals surface area contributed by atoms with Gasteiger partial charge in [-0.05, 0) is 19.8 Å². The Morgan fingerprint density at radius 2 is 2.26 bits per heavy atom. The maximum absolute atomic E-state index is 12.4. The van der Waals surface area contributed by atoms with Crippen molar-refractivity contribution in [1.29, 1.82) is 0 Å². The summed E-state index contributed by atoms with van der Waals surface area (Å²) in [5.41, 5.74) is 0. The van der Waals surface area contributed by atoms with Crippen molar-refractivity contribution >= 4 is 12.1 Å². The fourth-order valence-corrected chi connectivity index (χ4v) is 3.94. The van der Waals surface area contributed by atoms with Crippen LogP contribution in [0.25, 0.3) is 0 Å². The summed E-state index contributed by atoms with van der Waals surface area (Å²) in [6.07, 6.45) is 3.57. The first-order valence-electron chi connectivity index (χ1n) is 7.11. The zero-order valence-electron chi connectivity index (χ0n) is 11.3. The number of fused-ring (bicyclic) bond motifs is 5. The molecule has 5 nitrogen and oxygen atoms in total. The van der Waals surface area contributed by atoms with E-state index < -0.39 is 12.1 Å². The van der Waals surface area contributed by atoms with Crippen molar-refractivity contribution in [1.82, 2.24) is 0 Å². The molecule has 0 radical (unpaired) electrons. The molecule has 0 aromatic rings. The molecule has 19 heavy (non-hydrogen) atoms. The van der Waals surface area contributed by atoms with E-state index in [0.29, 0.717) is 12.8 Å². The van der Waals surface area contributed by atoms with E-state index in [1.165, 1.54) is 0 Å². The van der Waals surface area contributed by atoms with Gasteiger partial charge in [-0.1, -0.05) is 13.3 Å². The van der Waals surface area contributed by atoms with E-state index in [1.54, 1.807) is 0 Å². The Bertz CT molecular complexity index is 395. The topological polar surface area (TPSA) is 61.8 Å². The molecular formula is C14H20O5. The standard InChI is InChI=1S/C14H20O5/c1-3-4-5-10(16)11-8(7-15)6-9-12(11)14(2)17-13(9)18-19-14/h7-9,11-13H,3-6H2,1-2H3/t8-,9-,11-,12-,13-,14+/m1/s1. The Kier molecular flexibility index (Phi) is 3.23. The Hall–Kier alpha value is -0.780. The van der Waals surface area contributed by atoms with Crippen LogP contribution in [0, 0.1) is 23.7 Å². The van der Waals surface area contributed by atoms with Gasteiger partial charge in [-0.2, -0.15) is 4.89 Å². The third-order valence-electron chi connectivity index (χ3n) is 4.79. The minimum atomic E-state index is -0.861. The molecule has 2 heterocycles. The van der Waals surface area contributed by atoms with Gasteiger partial charge in [0.15, 0.2) is 6.29 Å². The predicted octanol–water partition coefficient (Wildman–Crippen LogP) is 1.85. The highest BCUT2D eigenvalue weighted by atomic mass is 17.3. The molecule has 0 N–H and O–H groups in total. The maximum atomic E-state index is 12.4. The van der Waals surface area contributed by atoms with Crippen LogP contribution in [0.15, 0.2) is 0 Å². The second-order valence-corrected chi connectivity index (χ2v) is 6.00. The molecule has 2 bridgehead atoms. The number of aldehydes is 1. The van der Waals surface area contributed by atoms with E-state index in [1.807, 2.05) is 6.92 Å². The van der Waals surface area contributed by atoms with Crippen LogP contribution in [0.4, 0.5) is 0 Å². The number of carbonyl (C=O) groups is 2. The molecule has 1 saturated carbocycles. The van der Waals surface area contributed by atoms with Gasteiger partial charge < -0.3 is 9.53 Å². The van der Waals surface area contributed by atoms with E-state index in [0.717, 1.165) is 19.1 Å². The average molecular weight is 268 g/mol. The van der Waals surface area contributed by atoms with Crippen LogP contribution in [0.1, 0.15) is 39.5 Å². The molecular weight excluding hydrogens is 248 g/mol. The lowest BCUT2D eigenvalue weighted by molar-refractivity contribution is -0.371. The second kappa shape index (κ2) is 4.65. The van der Waals surface area contributed by atoms with Crippen molar-refractivity contribution < 1.29 is 24.1 Å². The normalized spacial score (nSPS) is 47.4. The number of carbonyl (C=O) groups excluding carboxylic acids is 2. The van der Waals surface area contributed by atoms with Crippen molar-refractivity contribution in [2.75, 3.05) is 0 Å². The summed E-state index contributed by atoms with van der Waals surface area (Å²) in [5.74, 6) is -1.12. The summed E-state index contributed by atoms with van der Waals surface area (Å²) in [6, 6.07) is 0. The zero-order valence-corrected chi connectivity index (χ0v) is 11.3. The summed E-state index contributed by atoms with van der Waals surface area (Å²) < 4.78 is 5.69. The van der Waals surface area contributed by atoms with Gasteiger partial charge >= 0.3 is 0 Å². The molecule has 0 aromatic heterocycles. The Morgan fingerprint density at radius 3 is 2.95 bits per heavy atom. The summed E-state index contributed by atoms with van der Waals surface area (Å²) in [4.78, 5) is 34.1. The molecule has 0 spiro atoms. The van der Waals surface area contributed by atoms with Crippen LogP contribution in [0.2, 0.25) is 0 Å². The molecule has 3 fully saturated rings. The first-order chi connectivity index (χ1) is 9.10. The van der Waals surface area contributed by atoms with Crippen molar-refractivity contribution in [2.45, 2.75) is 51.6 Å². The highest BCUT2D eigenvalue weighted by Crippen LogP contribution is 2.59. The van der Waals surface area contributed by atoms with Gasteiger partial charge in [-0.25, -0.2) is 4.89 Å². The van der Waals surface area contributed by atoms with Gasteiger partial charge in [0.2, 0.25) is 5.79 Å². The molecule has 0 aromatic carbocycles. The van der Waals surface area contributed by atoms with Gasteiger partial charge in [0.1, 0.15) is 12.1 Å². The number of unbranched alkanes of at least 4 members (excludes halogenated alkanes) is 1. The molecule has 0 unspecified atom stereocenters. The Morgan fingerprint density at radius 1 is 1.47 bits per heavy atom. The summed E-state index contributed by atoms with van der Waals surface area (Å²) in [7, 11) is 0. The molecule has 0 amide bonds. The van der Waals surface area contributed by atoms with Gasteiger partial charge in [0, 0.05) is 30.1 Å². The van der Waals surface area contributed by atoms with Crippen molar-refractivity contribution in [2.24, 2.45) is 23.7 Å². The fraction of sp³-hybridized carbons (Fsp3) is 0.857. The highest BCUT2D eigenvalue weighted by molar-refractivity contribution is 5.85. The first-order valence-corrected chi connectivity index (χ1v) is 7.11. The van der Waals surface area contributed by atoms with Crippen LogP contribution in [-0.4, -0.2) is 24.1 Å². The lowest BCUT2D eigenvalue weighted by Crippen LogP contribution is -2.42. The second-order valence-electron chi connectivity index (χ2n) is 6.00. The number of Topliss-reactive ketones (excluding diaryl/α,β-unsaturated/α-hetero) is 1. The lowest BCUT2D eigenvalue weighted by Gasteiger charge is -2.31. The van der Waals surface area contributed by atoms with E-state index in [4.69, 9.17) is 14.5 Å². The van der Waals surface area contributed by atoms with Crippen LogP contribution in [0.3, 0.4) is 0 Å². The minimum Gasteiger partial charge on any atom is -0.315 e. The average Bonchev–Trinajstić information content (AvgIpc) is 3.03. The Balaban J connectivity index is 1.84. The predicted molar refractivity (Wildman–Crippen MR) is 64.6 cm³/mol. The molecule has 2 saturated heterocycles. The molecule has 2 aliphatic heterocycles. The minimum absolute atomic E-state index is 0.0502. The molecule has 5 heteroatoms. The largest absolute Gasteiger partial charge is 0.315 e. The van der Waals surface area contributed by atoms with E-state index in [2.05, 4.69) is 6.92 Å². The van der Waals surface area contributed by atoms with Crippen molar-refractivity contribution in [3.8, 4) is 0 Å². The lowest BCUT2D eigenvalue weighted by atomic mass is 9.79. The number of ether oxygens (including phenoxy) is 1. The van der Waals surface area contributed by atoms with Crippen molar-refractivity contribution in [3.63, 3.8) is 0 Å². The summed E-state index contributed by atoms with van der Waals surface area (Å²) in [5, 5.41) is 0. The van der Waals surface area contributed by atoms with Crippen molar-refractivity contribution in [3.05, 3.63) is 0 Å². The third-order valence-corrected chi connectivity index (χ3v) is 4.79. The van der Waals surface area contributed by atoms with Gasteiger partial charge in [0.25, 0.3) is 0 Å². The quantitative estimate of drug-likeness (QED) is 0.562. The monoisotopic (exact) mass is 268 g/mol. The zero-order chi connectivity index (χ0) is 13.6. The number of rotatable bonds is 5. The molecule has 3 aliphatic rings. The number of hydrogen-bond donors (Lipinski definition) is 0. The SMILES string of the molecule is CCCCC(=O)[C@@H]1[C@H]2[C@@H](C[C@@H]1C=O)[C@H]1OO[C@]2(C)O1. The van der Waals surface area contributed by atoms with Crippen LogP contribution in [0.5, 0.6) is 0 Å². The molecule has 1 aliphatic carbocycles. The number of hydrogen-bond acceptors (Lipinski definition) is 5. The summed E-state index contributed by atoms with van der Waals surface area (Å²) >= 11 is 0. The smallest absolute Gasteiger partial charge is 0.205 e. The van der Waals surface area contributed by atoms with Gasteiger partial charge in [-0.3, -0.25) is 4.79 Å². The fourth-order valence-electron chi connectivity index (χ4n) is 3.94. The highest BCUT2D eigenvalue weighted by Gasteiger charge is 2.68. The van der Waals surface area contributed by atoms with Gasteiger partial charge in [-0.15, -0.1) is 0 Å². The van der Waals surface area contributed by atoms with E-state index in [9.17, 15) is 9.59 Å². The molecule has 3 rings (SSSR count). The van der Waals surface area contributed by atoms with Gasteiger partial charge in [0.05, 0.1) is 0 Å². The molecule has 106 valence electrons. The van der Waals surface area contributed by atoms with E-state index >= 15 is 0 Å². The van der Waals surface area contributed by atoms with E-state index in [-0.39, 0.29) is 29.5 Å². The van der Waals surface area contributed by atoms with Crippen LogP contribution >= 0.6 is 0 Å². The first kappa shape index (κ1) is 13.2. The van der Waals surface area contributed by atoms with Crippen LogP contribution in [-0.2, 0) is 24.1 Å².